The normalized spacial score (nSPS) is 28.2. The number of hydrogen-bond donors (Lipinski definition) is 7. The average Bonchev–Trinajstić information content (AvgIpc) is 3.21. The molecule has 2 aliphatic rings. The summed E-state index contributed by atoms with van der Waals surface area (Å²) < 4.78 is 33.4. The van der Waals surface area contributed by atoms with Gasteiger partial charge < -0.3 is 64.2 Å². The number of aliphatic hydroxyl groups excluding tert-OH is 7. The van der Waals surface area contributed by atoms with Gasteiger partial charge in [0, 0.05) is 12.8 Å². The Morgan fingerprint density at radius 3 is 1.57 bits per heavy atom. The van der Waals surface area contributed by atoms with Crippen LogP contribution in [0, 0.1) is 0 Å². The van der Waals surface area contributed by atoms with Gasteiger partial charge >= 0.3 is 11.9 Å². The molecule has 2 saturated heterocycles. The van der Waals surface area contributed by atoms with Crippen molar-refractivity contribution in [3.8, 4) is 0 Å². The molecule has 2 aliphatic heterocycles. The van der Waals surface area contributed by atoms with Crippen molar-refractivity contribution in [2.45, 2.75) is 223 Å². The van der Waals surface area contributed by atoms with Gasteiger partial charge in [-0.05, 0) is 32.1 Å². The maximum atomic E-state index is 12.9. The molecule has 2 heterocycles. The van der Waals surface area contributed by atoms with Crippen molar-refractivity contribution in [2.75, 3.05) is 26.4 Å². The summed E-state index contributed by atoms with van der Waals surface area (Å²) in [6.45, 7) is 2.51. The van der Waals surface area contributed by atoms with E-state index in [1.807, 2.05) is 0 Å². The molecule has 2 fully saturated rings. The minimum atomic E-state index is -1.76. The number of carbonyl (C=O) groups excluding carboxylic acids is 2. The standard InChI is InChI=1S/C43H78O15/c1-3-5-7-9-11-13-15-17-19-21-23-25-34(45)53-28-31(56-35(46)26-24-22-20-18-16-14-12-10-8-6-4-2)29-54-42-41(52)39(50)37(48)33(58-42)30-55-43-40(51)38(49)36(47)32(27-44)57-43/h9,11,31-33,36-44,47-52H,3-8,10,12-30H2,1-2H3/b11-9+/t31-,32-,33-,36+,37+,38?,39?,40?,41?,42-,43-/m1/s1. The predicted octanol–water partition coefficient (Wildman–Crippen LogP) is 4.26. The molecule has 0 aromatic heterocycles. The number of allylic oxidation sites excluding steroid dienone is 2. The summed E-state index contributed by atoms with van der Waals surface area (Å²) in [7, 11) is 0. The molecule has 4 unspecified atom stereocenters. The molecule has 0 saturated carbocycles. The van der Waals surface area contributed by atoms with Gasteiger partial charge in [-0.15, -0.1) is 0 Å². The number of carbonyl (C=O) groups is 2. The Morgan fingerprint density at radius 2 is 1.00 bits per heavy atom. The smallest absolute Gasteiger partial charge is 0.306 e. The van der Waals surface area contributed by atoms with Crippen LogP contribution in [0.4, 0.5) is 0 Å². The lowest BCUT2D eigenvalue weighted by molar-refractivity contribution is -0.332. The number of aliphatic hydroxyl groups is 7. The monoisotopic (exact) mass is 835 g/mol. The summed E-state index contributed by atoms with van der Waals surface area (Å²) >= 11 is 0. The van der Waals surface area contributed by atoms with Gasteiger partial charge in [-0.2, -0.15) is 0 Å². The second-order valence-electron chi connectivity index (χ2n) is 15.9. The lowest BCUT2D eigenvalue weighted by Crippen LogP contribution is -2.61. The summed E-state index contributed by atoms with van der Waals surface area (Å²) in [5.41, 5.74) is 0. The molecule has 0 aromatic rings. The van der Waals surface area contributed by atoms with Gasteiger partial charge in [-0.25, -0.2) is 0 Å². The zero-order valence-corrected chi connectivity index (χ0v) is 35.3. The van der Waals surface area contributed by atoms with Crippen molar-refractivity contribution in [3.63, 3.8) is 0 Å². The highest BCUT2D eigenvalue weighted by molar-refractivity contribution is 5.70. The first-order valence-electron chi connectivity index (χ1n) is 22.3. The third-order valence-corrected chi connectivity index (χ3v) is 10.7. The van der Waals surface area contributed by atoms with Crippen LogP contribution in [0.5, 0.6) is 0 Å². The molecule has 58 heavy (non-hydrogen) atoms. The number of ether oxygens (including phenoxy) is 6. The Labute approximate surface area is 346 Å². The van der Waals surface area contributed by atoms with E-state index in [0.29, 0.717) is 12.8 Å². The summed E-state index contributed by atoms with van der Waals surface area (Å²) in [6, 6.07) is 0. The van der Waals surface area contributed by atoms with Crippen molar-refractivity contribution in [1.82, 2.24) is 0 Å². The maximum Gasteiger partial charge on any atom is 0.306 e. The molecule has 0 amide bonds. The Kier molecular flexibility index (Phi) is 28.9. The van der Waals surface area contributed by atoms with E-state index in [9.17, 15) is 45.3 Å². The molecule has 7 N–H and O–H groups in total. The molecular formula is C43H78O15. The van der Waals surface area contributed by atoms with E-state index in [1.54, 1.807) is 0 Å². The molecule has 2 rings (SSSR count). The molecule has 0 spiro atoms. The van der Waals surface area contributed by atoms with E-state index in [2.05, 4.69) is 26.0 Å². The lowest BCUT2D eigenvalue weighted by Gasteiger charge is -2.42. The van der Waals surface area contributed by atoms with E-state index in [0.717, 1.165) is 57.8 Å². The largest absolute Gasteiger partial charge is 0.462 e. The van der Waals surface area contributed by atoms with Gasteiger partial charge in [-0.1, -0.05) is 122 Å². The van der Waals surface area contributed by atoms with Gasteiger partial charge in [0.15, 0.2) is 18.7 Å². The minimum Gasteiger partial charge on any atom is -0.462 e. The minimum absolute atomic E-state index is 0.167. The molecule has 11 atom stereocenters. The van der Waals surface area contributed by atoms with Crippen molar-refractivity contribution in [3.05, 3.63) is 12.2 Å². The third kappa shape index (κ3) is 21.2. The fourth-order valence-corrected chi connectivity index (χ4v) is 6.96. The topological polar surface area (TPSA) is 231 Å². The fourth-order valence-electron chi connectivity index (χ4n) is 6.96. The fraction of sp³-hybridized carbons (Fsp3) is 0.907. The highest BCUT2D eigenvalue weighted by atomic mass is 16.7. The quantitative estimate of drug-likeness (QED) is 0.0278. The Hall–Kier alpha value is -1.76. The number of hydrogen-bond acceptors (Lipinski definition) is 15. The number of unbranched alkanes of at least 4 members (excludes halogenated alkanes) is 17. The van der Waals surface area contributed by atoms with Crippen molar-refractivity contribution >= 4 is 11.9 Å². The lowest BCUT2D eigenvalue weighted by atomic mass is 9.98. The van der Waals surface area contributed by atoms with Gasteiger partial charge in [0.25, 0.3) is 0 Å². The maximum absolute atomic E-state index is 12.9. The molecule has 15 heteroatoms. The van der Waals surface area contributed by atoms with Crippen molar-refractivity contribution < 1.29 is 73.8 Å². The van der Waals surface area contributed by atoms with E-state index >= 15 is 0 Å². The predicted molar refractivity (Wildman–Crippen MR) is 215 cm³/mol. The van der Waals surface area contributed by atoms with Crippen LogP contribution in [0.3, 0.4) is 0 Å². The van der Waals surface area contributed by atoms with E-state index in [4.69, 9.17) is 28.4 Å². The molecule has 0 radical (unpaired) electrons. The van der Waals surface area contributed by atoms with E-state index in [1.165, 1.54) is 57.8 Å². The Morgan fingerprint density at radius 1 is 0.534 bits per heavy atom. The zero-order chi connectivity index (χ0) is 42.5. The molecule has 340 valence electrons. The summed E-state index contributed by atoms with van der Waals surface area (Å²) in [5.74, 6) is -0.935. The van der Waals surface area contributed by atoms with Crippen LogP contribution in [0.2, 0.25) is 0 Å². The zero-order valence-electron chi connectivity index (χ0n) is 35.3. The summed E-state index contributed by atoms with van der Waals surface area (Å²) in [5, 5.41) is 71.7. The van der Waals surface area contributed by atoms with Crippen LogP contribution < -0.4 is 0 Å². The molecule has 15 nitrogen and oxygen atoms in total. The number of esters is 2. The summed E-state index contributed by atoms with van der Waals surface area (Å²) in [4.78, 5) is 25.5. The van der Waals surface area contributed by atoms with Crippen molar-refractivity contribution in [1.29, 1.82) is 0 Å². The van der Waals surface area contributed by atoms with E-state index in [-0.39, 0.29) is 26.1 Å². The average molecular weight is 835 g/mol. The highest BCUT2D eigenvalue weighted by Crippen LogP contribution is 2.26. The SMILES string of the molecule is CCCC/C=C/CCCCCCCC(=O)OC[C@H](CO[C@@H]1O[C@H](CO[C@@H]2O[C@H](CO)[C@H](O)C(O)C2O)[C@H](O)C(O)C1O)OC(=O)CCCCCCCCCCCCC. The first-order chi connectivity index (χ1) is 28.0. The first kappa shape index (κ1) is 52.4. The van der Waals surface area contributed by atoms with Crippen LogP contribution in [-0.2, 0) is 38.0 Å². The molecule has 0 aliphatic carbocycles. The van der Waals surface area contributed by atoms with Gasteiger partial charge in [0.1, 0.15) is 55.4 Å². The highest BCUT2D eigenvalue weighted by Gasteiger charge is 2.47. The van der Waals surface area contributed by atoms with Gasteiger partial charge in [-0.3, -0.25) is 9.59 Å². The summed E-state index contributed by atoms with van der Waals surface area (Å²) in [6.07, 6.45) is 9.80. The van der Waals surface area contributed by atoms with Crippen molar-refractivity contribution in [2.24, 2.45) is 0 Å². The first-order valence-corrected chi connectivity index (χ1v) is 22.3. The van der Waals surface area contributed by atoms with Gasteiger partial charge in [0.05, 0.1) is 19.8 Å². The van der Waals surface area contributed by atoms with Crippen LogP contribution in [0.15, 0.2) is 12.2 Å². The Bertz CT molecular complexity index is 1080. The van der Waals surface area contributed by atoms with Crippen LogP contribution >= 0.6 is 0 Å². The second-order valence-corrected chi connectivity index (χ2v) is 15.9. The molecule has 0 bridgehead atoms. The molecule has 0 aromatic carbocycles. The number of rotatable bonds is 33. The van der Waals surface area contributed by atoms with E-state index < -0.39 is 92.7 Å². The molecular weight excluding hydrogens is 756 g/mol. The second kappa shape index (κ2) is 32.0. The van der Waals surface area contributed by atoms with Crippen LogP contribution in [0.25, 0.3) is 0 Å². The third-order valence-electron chi connectivity index (χ3n) is 10.7. The van der Waals surface area contributed by atoms with Crippen LogP contribution in [-0.4, -0.2) is 142 Å². The van der Waals surface area contributed by atoms with Gasteiger partial charge in [0.2, 0.25) is 0 Å². The Balaban J connectivity index is 1.87. The van der Waals surface area contributed by atoms with Crippen LogP contribution in [0.1, 0.15) is 155 Å².